The summed E-state index contributed by atoms with van der Waals surface area (Å²) >= 11 is 0. The second-order valence-electron chi connectivity index (χ2n) is 4.05. The molecule has 0 spiro atoms. The molecular weight excluding hydrogens is 214 g/mol. The normalized spacial score (nSPS) is 10.6. The van der Waals surface area contributed by atoms with Crippen LogP contribution < -0.4 is 10.5 Å². The minimum absolute atomic E-state index is 0.472. The number of aromatic nitrogens is 2. The zero-order valence-electron chi connectivity index (χ0n) is 10.4. The first-order chi connectivity index (χ1) is 8.17. The van der Waals surface area contributed by atoms with Gasteiger partial charge in [-0.15, -0.1) is 0 Å². The van der Waals surface area contributed by atoms with Crippen molar-refractivity contribution in [1.82, 2.24) is 9.78 Å². The van der Waals surface area contributed by atoms with Gasteiger partial charge in [-0.3, -0.25) is 4.68 Å². The van der Waals surface area contributed by atoms with Gasteiger partial charge in [-0.2, -0.15) is 5.10 Å². The predicted molar refractivity (Wildman–Crippen MR) is 67.8 cm³/mol. The van der Waals surface area contributed by atoms with Crippen LogP contribution in [0.2, 0.25) is 0 Å². The fraction of sp³-hybridized carbons (Fsp3) is 0.308. The van der Waals surface area contributed by atoms with Gasteiger partial charge in [0.15, 0.2) is 0 Å². The lowest BCUT2D eigenvalue weighted by Crippen LogP contribution is -2.01. The Balaban J connectivity index is 2.66. The highest BCUT2D eigenvalue weighted by atomic mass is 16.5. The van der Waals surface area contributed by atoms with Crippen LogP contribution in [0, 0.1) is 6.92 Å². The lowest BCUT2D eigenvalue weighted by molar-refractivity contribution is 0.416. The molecule has 0 aliphatic rings. The maximum Gasteiger partial charge on any atom is 0.128 e. The maximum absolute atomic E-state index is 5.74. The highest BCUT2D eigenvalue weighted by Crippen LogP contribution is 2.32. The standard InChI is InChI=1S/C13H17N3O/c1-9-4-5-12(17-3)11(6-9)13-10(7-14)8-15-16(13)2/h4-6,8H,7,14H2,1-3H3. The van der Waals surface area contributed by atoms with Crippen LogP contribution in [0.1, 0.15) is 11.1 Å². The molecule has 2 aromatic rings. The molecule has 0 saturated carbocycles. The number of hydrogen-bond acceptors (Lipinski definition) is 3. The third kappa shape index (κ3) is 2.03. The van der Waals surface area contributed by atoms with Crippen molar-refractivity contribution in [3.05, 3.63) is 35.5 Å². The molecule has 0 aliphatic heterocycles. The number of nitrogens with two attached hydrogens (primary N) is 1. The van der Waals surface area contributed by atoms with E-state index < -0.39 is 0 Å². The van der Waals surface area contributed by atoms with Crippen LogP contribution in [0.25, 0.3) is 11.3 Å². The molecule has 0 atom stereocenters. The summed E-state index contributed by atoms with van der Waals surface area (Å²) in [5, 5.41) is 4.25. The Morgan fingerprint density at radius 3 is 2.82 bits per heavy atom. The number of methoxy groups -OCH3 is 1. The Bertz CT molecular complexity index is 531. The maximum atomic E-state index is 5.74. The van der Waals surface area contributed by atoms with E-state index in [1.165, 1.54) is 5.56 Å². The predicted octanol–water partition coefficient (Wildman–Crippen LogP) is 1.86. The molecule has 0 aliphatic carbocycles. The Kier molecular flexibility index (Phi) is 3.15. The van der Waals surface area contributed by atoms with Crippen molar-refractivity contribution < 1.29 is 4.74 Å². The molecular formula is C13H17N3O. The first kappa shape index (κ1) is 11.7. The second-order valence-corrected chi connectivity index (χ2v) is 4.05. The van der Waals surface area contributed by atoms with Crippen molar-refractivity contribution in [2.45, 2.75) is 13.5 Å². The van der Waals surface area contributed by atoms with E-state index in [0.29, 0.717) is 6.54 Å². The average Bonchev–Trinajstić information content (AvgIpc) is 2.70. The minimum Gasteiger partial charge on any atom is -0.496 e. The lowest BCUT2D eigenvalue weighted by Gasteiger charge is -2.11. The second kappa shape index (κ2) is 4.59. The van der Waals surface area contributed by atoms with Crippen LogP contribution in [0.4, 0.5) is 0 Å². The quantitative estimate of drug-likeness (QED) is 0.877. The third-order valence-electron chi connectivity index (χ3n) is 2.84. The summed E-state index contributed by atoms with van der Waals surface area (Å²) in [6.07, 6.45) is 1.80. The highest BCUT2D eigenvalue weighted by Gasteiger charge is 2.14. The molecule has 90 valence electrons. The summed E-state index contributed by atoms with van der Waals surface area (Å²) in [6.45, 7) is 2.53. The Morgan fingerprint density at radius 2 is 2.18 bits per heavy atom. The van der Waals surface area contributed by atoms with E-state index in [-0.39, 0.29) is 0 Å². The summed E-state index contributed by atoms with van der Waals surface area (Å²) < 4.78 is 7.23. The van der Waals surface area contributed by atoms with Crippen LogP contribution in [-0.2, 0) is 13.6 Å². The molecule has 0 unspecified atom stereocenters. The molecule has 2 N–H and O–H groups in total. The topological polar surface area (TPSA) is 53.1 Å². The van der Waals surface area contributed by atoms with Gasteiger partial charge in [0.1, 0.15) is 5.75 Å². The van der Waals surface area contributed by atoms with Crippen molar-refractivity contribution in [1.29, 1.82) is 0 Å². The van der Waals surface area contributed by atoms with Gasteiger partial charge >= 0.3 is 0 Å². The number of nitrogens with zero attached hydrogens (tertiary/aromatic N) is 2. The minimum atomic E-state index is 0.472. The Hall–Kier alpha value is -1.81. The van der Waals surface area contributed by atoms with E-state index in [2.05, 4.69) is 18.1 Å². The molecule has 0 bridgehead atoms. The van der Waals surface area contributed by atoms with E-state index >= 15 is 0 Å². The van der Waals surface area contributed by atoms with Gasteiger partial charge in [-0.1, -0.05) is 11.6 Å². The molecule has 1 aromatic heterocycles. The number of aryl methyl sites for hydroxylation is 2. The van der Waals surface area contributed by atoms with Crippen molar-refractivity contribution in [2.24, 2.45) is 12.8 Å². The van der Waals surface area contributed by atoms with Gasteiger partial charge in [-0.05, 0) is 19.1 Å². The molecule has 17 heavy (non-hydrogen) atoms. The monoisotopic (exact) mass is 231 g/mol. The SMILES string of the molecule is COc1ccc(C)cc1-c1c(CN)cnn1C. The molecule has 4 nitrogen and oxygen atoms in total. The van der Waals surface area contributed by atoms with Crippen molar-refractivity contribution in [3.63, 3.8) is 0 Å². The molecule has 1 aromatic carbocycles. The van der Waals surface area contributed by atoms with Gasteiger partial charge < -0.3 is 10.5 Å². The fourth-order valence-electron chi connectivity index (χ4n) is 1.99. The molecule has 1 heterocycles. The van der Waals surface area contributed by atoms with Gasteiger partial charge in [0.25, 0.3) is 0 Å². The summed E-state index contributed by atoms with van der Waals surface area (Å²) in [6, 6.07) is 6.09. The molecule has 0 saturated heterocycles. The largest absolute Gasteiger partial charge is 0.496 e. The van der Waals surface area contributed by atoms with Gasteiger partial charge in [0.2, 0.25) is 0 Å². The molecule has 2 rings (SSSR count). The van der Waals surface area contributed by atoms with Crippen molar-refractivity contribution in [2.75, 3.05) is 7.11 Å². The molecule has 0 fully saturated rings. The van der Waals surface area contributed by atoms with E-state index in [4.69, 9.17) is 10.5 Å². The van der Waals surface area contributed by atoms with Crippen LogP contribution in [-0.4, -0.2) is 16.9 Å². The first-order valence-electron chi connectivity index (χ1n) is 5.53. The summed E-state index contributed by atoms with van der Waals surface area (Å²) in [5.41, 5.74) is 10.0. The van der Waals surface area contributed by atoms with E-state index in [9.17, 15) is 0 Å². The summed E-state index contributed by atoms with van der Waals surface area (Å²) in [7, 11) is 3.59. The molecule has 0 amide bonds. The van der Waals surface area contributed by atoms with Crippen molar-refractivity contribution in [3.8, 4) is 17.0 Å². The fourth-order valence-corrected chi connectivity index (χ4v) is 1.99. The van der Waals surface area contributed by atoms with E-state index in [1.807, 2.05) is 23.9 Å². The van der Waals surface area contributed by atoms with Crippen LogP contribution >= 0.6 is 0 Å². The number of hydrogen-bond donors (Lipinski definition) is 1. The molecule has 4 heteroatoms. The highest BCUT2D eigenvalue weighted by molar-refractivity contribution is 5.71. The molecule has 0 radical (unpaired) electrons. The van der Waals surface area contributed by atoms with Gasteiger partial charge in [-0.25, -0.2) is 0 Å². The van der Waals surface area contributed by atoms with Crippen molar-refractivity contribution >= 4 is 0 Å². The Morgan fingerprint density at radius 1 is 1.41 bits per heavy atom. The Labute approximate surface area is 101 Å². The summed E-state index contributed by atoms with van der Waals surface area (Å²) in [4.78, 5) is 0. The summed E-state index contributed by atoms with van der Waals surface area (Å²) in [5.74, 6) is 0.842. The number of rotatable bonds is 3. The lowest BCUT2D eigenvalue weighted by atomic mass is 10.0. The average molecular weight is 231 g/mol. The van der Waals surface area contributed by atoms with E-state index in [0.717, 1.165) is 22.6 Å². The zero-order chi connectivity index (χ0) is 12.4. The van der Waals surface area contributed by atoms with Gasteiger partial charge in [0.05, 0.1) is 19.0 Å². The van der Waals surface area contributed by atoms with E-state index in [1.54, 1.807) is 13.3 Å². The smallest absolute Gasteiger partial charge is 0.128 e. The number of ether oxygens (including phenoxy) is 1. The van der Waals surface area contributed by atoms with Gasteiger partial charge in [0, 0.05) is 24.7 Å². The van der Waals surface area contributed by atoms with Crippen LogP contribution in [0.5, 0.6) is 5.75 Å². The zero-order valence-corrected chi connectivity index (χ0v) is 10.4. The first-order valence-corrected chi connectivity index (χ1v) is 5.53. The third-order valence-corrected chi connectivity index (χ3v) is 2.84. The number of benzene rings is 1. The van der Waals surface area contributed by atoms with Crippen LogP contribution in [0.3, 0.4) is 0 Å². The van der Waals surface area contributed by atoms with Crippen LogP contribution in [0.15, 0.2) is 24.4 Å².